The predicted octanol–water partition coefficient (Wildman–Crippen LogP) is 5.07. The van der Waals surface area contributed by atoms with E-state index in [4.69, 9.17) is 0 Å². The molecule has 0 amide bonds. The molecule has 0 aliphatic heterocycles. The van der Waals surface area contributed by atoms with Crippen LogP contribution in [0, 0.1) is 12.8 Å². The molecule has 1 nitrogen and oxygen atoms in total. The van der Waals surface area contributed by atoms with Gasteiger partial charge in [-0.05, 0) is 42.8 Å². The van der Waals surface area contributed by atoms with Gasteiger partial charge in [-0.25, -0.2) is 0 Å². The second-order valence-electron chi connectivity index (χ2n) is 5.69. The van der Waals surface area contributed by atoms with Crippen LogP contribution in [0.2, 0.25) is 0 Å². The molecule has 1 saturated carbocycles. The quantitative estimate of drug-likeness (QED) is 0.733. The maximum atomic E-state index is 3.69. The van der Waals surface area contributed by atoms with E-state index in [1.54, 1.807) is 0 Å². The minimum absolute atomic E-state index is 0.586. The highest BCUT2D eigenvalue weighted by Crippen LogP contribution is 2.32. The van der Waals surface area contributed by atoms with E-state index < -0.39 is 0 Å². The summed E-state index contributed by atoms with van der Waals surface area (Å²) in [7, 11) is 0. The van der Waals surface area contributed by atoms with Crippen molar-refractivity contribution in [2.75, 3.05) is 6.54 Å². The third-order valence-corrected chi connectivity index (χ3v) is 5.03. The fourth-order valence-corrected chi connectivity index (χ4v) is 3.92. The Morgan fingerprint density at radius 1 is 1.28 bits per heavy atom. The molecule has 18 heavy (non-hydrogen) atoms. The lowest BCUT2D eigenvalue weighted by molar-refractivity contribution is 0.360. The summed E-state index contributed by atoms with van der Waals surface area (Å²) in [6.45, 7) is 5.51. The summed E-state index contributed by atoms with van der Waals surface area (Å²) in [4.78, 5) is 1.44. The second kappa shape index (κ2) is 7.30. The molecule has 102 valence electrons. The summed E-state index contributed by atoms with van der Waals surface area (Å²) >= 11 is 1.88. The topological polar surface area (TPSA) is 12.0 Å². The minimum Gasteiger partial charge on any atom is -0.310 e. The van der Waals surface area contributed by atoms with Gasteiger partial charge in [0.25, 0.3) is 0 Å². The van der Waals surface area contributed by atoms with E-state index in [1.165, 1.54) is 55.4 Å². The van der Waals surface area contributed by atoms with Gasteiger partial charge in [0.2, 0.25) is 0 Å². The van der Waals surface area contributed by atoms with Crippen molar-refractivity contribution in [3.63, 3.8) is 0 Å². The fraction of sp³-hybridized carbons (Fsp3) is 0.750. The normalized spacial score (nSPS) is 19.7. The molecule has 1 unspecified atom stereocenters. The van der Waals surface area contributed by atoms with Gasteiger partial charge in [-0.3, -0.25) is 0 Å². The first-order valence-corrected chi connectivity index (χ1v) is 8.46. The molecule has 1 aliphatic rings. The molecule has 2 heteroatoms. The molecule has 0 radical (unpaired) electrons. The van der Waals surface area contributed by atoms with Gasteiger partial charge in [-0.2, -0.15) is 0 Å². The number of hydrogen-bond acceptors (Lipinski definition) is 2. The molecular formula is C16H27NS. The summed E-state index contributed by atoms with van der Waals surface area (Å²) in [6.07, 6.45) is 10.1. The van der Waals surface area contributed by atoms with Gasteiger partial charge in [0.15, 0.2) is 0 Å². The highest BCUT2D eigenvalue weighted by molar-refractivity contribution is 7.10. The summed E-state index contributed by atoms with van der Waals surface area (Å²) in [5, 5.41) is 6.03. The zero-order chi connectivity index (χ0) is 12.8. The molecule has 1 fully saturated rings. The third kappa shape index (κ3) is 4.10. The average molecular weight is 265 g/mol. The Hall–Kier alpha value is -0.340. The number of hydrogen-bond donors (Lipinski definition) is 1. The molecule has 1 aliphatic carbocycles. The molecule has 1 N–H and O–H groups in total. The van der Waals surface area contributed by atoms with Crippen LogP contribution >= 0.6 is 11.3 Å². The van der Waals surface area contributed by atoms with Crippen molar-refractivity contribution in [3.8, 4) is 0 Å². The zero-order valence-electron chi connectivity index (χ0n) is 11.9. The molecule has 0 spiro atoms. The number of aryl methyl sites for hydroxylation is 1. The van der Waals surface area contributed by atoms with E-state index in [1.807, 2.05) is 11.3 Å². The molecule has 2 rings (SSSR count). The summed E-state index contributed by atoms with van der Waals surface area (Å²) in [5.74, 6) is 0.941. The SMILES string of the molecule is CCNC(CC1CCCCCC1)c1csc(C)c1. The fourth-order valence-electron chi connectivity index (χ4n) is 3.16. The van der Waals surface area contributed by atoms with Crippen molar-refractivity contribution in [1.82, 2.24) is 5.32 Å². The van der Waals surface area contributed by atoms with Crippen molar-refractivity contribution in [3.05, 3.63) is 21.9 Å². The van der Waals surface area contributed by atoms with E-state index in [9.17, 15) is 0 Å². The molecule has 1 aromatic rings. The highest BCUT2D eigenvalue weighted by atomic mass is 32.1. The average Bonchev–Trinajstić information content (AvgIpc) is 2.63. The molecule has 1 atom stereocenters. The molecule has 0 aromatic carbocycles. The van der Waals surface area contributed by atoms with Gasteiger partial charge in [-0.15, -0.1) is 11.3 Å². The lowest BCUT2D eigenvalue weighted by atomic mass is 9.90. The molecule has 0 saturated heterocycles. The van der Waals surface area contributed by atoms with E-state index in [0.717, 1.165) is 12.5 Å². The van der Waals surface area contributed by atoms with Crippen molar-refractivity contribution in [2.24, 2.45) is 5.92 Å². The van der Waals surface area contributed by atoms with Gasteiger partial charge in [0, 0.05) is 10.9 Å². The Morgan fingerprint density at radius 2 is 2.00 bits per heavy atom. The Bertz CT molecular complexity index is 337. The number of rotatable bonds is 5. The summed E-state index contributed by atoms with van der Waals surface area (Å²) in [5.41, 5.74) is 1.52. The van der Waals surface area contributed by atoms with Gasteiger partial charge in [-0.1, -0.05) is 45.4 Å². The predicted molar refractivity (Wildman–Crippen MR) is 81.3 cm³/mol. The first-order chi connectivity index (χ1) is 8.79. The van der Waals surface area contributed by atoms with Crippen LogP contribution in [-0.2, 0) is 0 Å². The lowest BCUT2D eigenvalue weighted by Crippen LogP contribution is -2.23. The number of thiophene rings is 1. The van der Waals surface area contributed by atoms with Crippen molar-refractivity contribution < 1.29 is 0 Å². The van der Waals surface area contributed by atoms with E-state index in [2.05, 4.69) is 30.6 Å². The van der Waals surface area contributed by atoms with E-state index in [-0.39, 0.29) is 0 Å². The Labute approximate surface area is 116 Å². The van der Waals surface area contributed by atoms with Gasteiger partial charge < -0.3 is 5.32 Å². The van der Waals surface area contributed by atoms with Crippen LogP contribution in [0.15, 0.2) is 11.4 Å². The Balaban J connectivity index is 1.96. The minimum atomic E-state index is 0.586. The first-order valence-electron chi connectivity index (χ1n) is 7.58. The van der Waals surface area contributed by atoms with Crippen LogP contribution in [0.5, 0.6) is 0 Å². The van der Waals surface area contributed by atoms with Crippen LogP contribution in [0.3, 0.4) is 0 Å². The maximum Gasteiger partial charge on any atom is 0.0331 e. The van der Waals surface area contributed by atoms with Crippen molar-refractivity contribution in [1.29, 1.82) is 0 Å². The smallest absolute Gasteiger partial charge is 0.0331 e. The van der Waals surface area contributed by atoms with E-state index in [0.29, 0.717) is 6.04 Å². The van der Waals surface area contributed by atoms with Crippen LogP contribution in [-0.4, -0.2) is 6.54 Å². The van der Waals surface area contributed by atoms with Crippen molar-refractivity contribution in [2.45, 2.75) is 64.8 Å². The molecule has 1 aromatic heterocycles. The van der Waals surface area contributed by atoms with E-state index >= 15 is 0 Å². The Kier molecular flexibility index (Phi) is 5.71. The monoisotopic (exact) mass is 265 g/mol. The first kappa shape index (κ1) is 14.1. The largest absolute Gasteiger partial charge is 0.310 e. The second-order valence-corrected chi connectivity index (χ2v) is 6.81. The zero-order valence-corrected chi connectivity index (χ0v) is 12.7. The Morgan fingerprint density at radius 3 is 2.56 bits per heavy atom. The van der Waals surface area contributed by atoms with Crippen LogP contribution in [0.1, 0.15) is 68.4 Å². The van der Waals surface area contributed by atoms with Gasteiger partial charge >= 0.3 is 0 Å². The summed E-state index contributed by atoms with van der Waals surface area (Å²) in [6, 6.07) is 2.96. The van der Waals surface area contributed by atoms with Gasteiger partial charge in [0.1, 0.15) is 0 Å². The highest BCUT2D eigenvalue weighted by Gasteiger charge is 2.19. The van der Waals surface area contributed by atoms with Crippen LogP contribution < -0.4 is 5.32 Å². The molecule has 1 heterocycles. The third-order valence-electron chi connectivity index (χ3n) is 4.15. The summed E-state index contributed by atoms with van der Waals surface area (Å²) < 4.78 is 0. The number of nitrogens with one attached hydrogen (secondary N) is 1. The van der Waals surface area contributed by atoms with Crippen LogP contribution in [0.25, 0.3) is 0 Å². The maximum absolute atomic E-state index is 3.69. The molecular weight excluding hydrogens is 238 g/mol. The van der Waals surface area contributed by atoms with Crippen molar-refractivity contribution >= 4 is 11.3 Å². The lowest BCUT2D eigenvalue weighted by Gasteiger charge is -2.23. The van der Waals surface area contributed by atoms with Gasteiger partial charge in [0.05, 0.1) is 0 Å². The van der Waals surface area contributed by atoms with Crippen LogP contribution in [0.4, 0.5) is 0 Å². The standard InChI is InChI=1S/C16H27NS/c1-3-17-16(15-10-13(2)18-12-15)11-14-8-6-4-5-7-9-14/h10,12,14,16-17H,3-9,11H2,1-2H3. The molecule has 0 bridgehead atoms.